The van der Waals surface area contributed by atoms with Gasteiger partial charge in [-0.25, -0.2) is 0 Å². The van der Waals surface area contributed by atoms with Gasteiger partial charge in [-0.15, -0.1) is 0 Å². The average molecular weight is 539 g/mol. The average Bonchev–Trinajstić information content (AvgIpc) is 3.05. The van der Waals surface area contributed by atoms with Crippen LogP contribution in [0.25, 0.3) is 0 Å². The minimum atomic E-state index is -0.193. The van der Waals surface area contributed by atoms with Crippen molar-refractivity contribution >= 4 is 57.2 Å². The van der Waals surface area contributed by atoms with Crippen LogP contribution in [0.1, 0.15) is 25.0 Å². The van der Waals surface area contributed by atoms with Crippen LogP contribution in [0, 0.1) is 0 Å². The molecule has 0 saturated heterocycles. The summed E-state index contributed by atoms with van der Waals surface area (Å²) in [6.07, 6.45) is 0. The lowest BCUT2D eigenvalue weighted by Gasteiger charge is -2.45. The summed E-state index contributed by atoms with van der Waals surface area (Å²) in [4.78, 5) is 4.96. The maximum absolute atomic E-state index is 2.52. The van der Waals surface area contributed by atoms with Gasteiger partial charge in [0.2, 0.25) is 0 Å². The van der Waals surface area contributed by atoms with E-state index in [1.54, 1.807) is 0 Å². The van der Waals surface area contributed by atoms with Gasteiger partial charge in [0.1, 0.15) is 0 Å². The number of benzene rings is 6. The molecular formula is C39H31BN2. The first kappa shape index (κ1) is 24.8. The van der Waals surface area contributed by atoms with Crippen LogP contribution in [-0.2, 0) is 5.41 Å². The van der Waals surface area contributed by atoms with Crippen LogP contribution in [-0.4, -0.2) is 6.71 Å². The molecule has 0 aromatic heterocycles. The minimum absolute atomic E-state index is 0.147. The van der Waals surface area contributed by atoms with Gasteiger partial charge < -0.3 is 9.80 Å². The Hall–Kier alpha value is -5.02. The van der Waals surface area contributed by atoms with Gasteiger partial charge in [-0.2, -0.15) is 0 Å². The number of para-hydroxylation sites is 4. The van der Waals surface area contributed by atoms with Gasteiger partial charge in [-0.05, 0) is 70.0 Å². The van der Waals surface area contributed by atoms with Gasteiger partial charge in [0.25, 0.3) is 6.71 Å². The molecule has 0 fully saturated rings. The molecule has 6 aromatic carbocycles. The van der Waals surface area contributed by atoms with Crippen LogP contribution >= 0.6 is 0 Å². The predicted octanol–water partition coefficient (Wildman–Crippen LogP) is 8.10. The highest BCUT2D eigenvalue weighted by molar-refractivity contribution is 7.00. The molecule has 0 aliphatic carbocycles. The van der Waals surface area contributed by atoms with Gasteiger partial charge in [0.15, 0.2) is 0 Å². The quantitative estimate of drug-likeness (QED) is 0.209. The number of nitrogens with zero attached hydrogens (tertiary/aromatic N) is 2. The number of hydrogen-bond acceptors (Lipinski definition) is 2. The van der Waals surface area contributed by atoms with E-state index in [-0.39, 0.29) is 12.1 Å². The smallest absolute Gasteiger partial charge is 0.252 e. The van der Waals surface area contributed by atoms with Gasteiger partial charge >= 0.3 is 0 Å². The van der Waals surface area contributed by atoms with Crippen LogP contribution in [0.4, 0.5) is 34.1 Å². The van der Waals surface area contributed by atoms with Crippen molar-refractivity contribution in [3.8, 4) is 0 Å². The van der Waals surface area contributed by atoms with Crippen LogP contribution in [0.5, 0.6) is 0 Å². The van der Waals surface area contributed by atoms with E-state index in [4.69, 9.17) is 0 Å². The summed E-state index contributed by atoms with van der Waals surface area (Å²) in [7, 11) is 0. The van der Waals surface area contributed by atoms with Crippen LogP contribution < -0.4 is 26.2 Å². The third-order valence-corrected chi connectivity index (χ3v) is 9.14. The van der Waals surface area contributed by atoms with Crippen molar-refractivity contribution in [1.82, 2.24) is 0 Å². The zero-order valence-corrected chi connectivity index (χ0v) is 23.9. The monoisotopic (exact) mass is 538 g/mol. The Labute approximate surface area is 248 Å². The maximum atomic E-state index is 2.52. The fourth-order valence-electron chi connectivity index (χ4n) is 7.16. The van der Waals surface area contributed by atoms with Crippen molar-refractivity contribution in [2.24, 2.45) is 0 Å². The lowest BCUT2D eigenvalue weighted by Crippen LogP contribution is -2.61. The molecule has 0 saturated carbocycles. The first-order valence-electron chi connectivity index (χ1n) is 14.8. The molecule has 2 aliphatic heterocycles. The fraction of sp³-hybridized carbons (Fsp3) is 0.0769. The summed E-state index contributed by atoms with van der Waals surface area (Å²) in [5, 5.41) is 0. The summed E-state index contributed by atoms with van der Waals surface area (Å²) in [6, 6.07) is 55.3. The highest BCUT2D eigenvalue weighted by atomic mass is 15.2. The molecule has 0 N–H and O–H groups in total. The zero-order valence-electron chi connectivity index (χ0n) is 23.9. The minimum Gasteiger partial charge on any atom is -0.311 e. The molecule has 2 nitrogen and oxygen atoms in total. The molecule has 3 heteroatoms. The van der Waals surface area contributed by atoms with E-state index >= 15 is 0 Å². The van der Waals surface area contributed by atoms with Gasteiger partial charge in [-0.3, -0.25) is 0 Å². The number of hydrogen-bond donors (Lipinski definition) is 0. The van der Waals surface area contributed by atoms with Crippen molar-refractivity contribution in [1.29, 1.82) is 0 Å². The summed E-state index contributed by atoms with van der Waals surface area (Å²) in [5.41, 5.74) is 13.8. The maximum Gasteiger partial charge on any atom is 0.252 e. The van der Waals surface area contributed by atoms with Crippen molar-refractivity contribution in [2.45, 2.75) is 19.3 Å². The summed E-state index contributed by atoms with van der Waals surface area (Å²) in [6.45, 7) is 4.83. The Kier molecular flexibility index (Phi) is 5.62. The van der Waals surface area contributed by atoms with E-state index in [1.165, 1.54) is 61.6 Å². The molecule has 2 aliphatic rings. The van der Waals surface area contributed by atoms with Crippen molar-refractivity contribution in [3.63, 3.8) is 0 Å². The summed E-state index contributed by atoms with van der Waals surface area (Å²) >= 11 is 0. The third kappa shape index (κ3) is 3.60. The van der Waals surface area contributed by atoms with E-state index in [0.717, 1.165) is 0 Å². The zero-order chi connectivity index (χ0) is 28.3. The van der Waals surface area contributed by atoms with Gasteiger partial charge in [-0.1, -0.05) is 123 Å². The van der Waals surface area contributed by atoms with Crippen molar-refractivity contribution in [3.05, 3.63) is 163 Å². The standard InChI is InChI=1S/C39H31BN2/c1-39(2,28-16-5-3-6-17-28)30-20-9-12-23-33(30)42-35-25-14-11-22-32(35)40-31-21-10-13-24-34(31)41(29-18-7-4-8-19-29)36-26-15-27-37(42)38(36)40/h3-27H,1-2H3. The first-order valence-corrected chi connectivity index (χ1v) is 14.8. The highest BCUT2D eigenvalue weighted by Crippen LogP contribution is 2.46. The second-order valence-corrected chi connectivity index (χ2v) is 11.8. The summed E-state index contributed by atoms with van der Waals surface area (Å²) < 4.78 is 0. The van der Waals surface area contributed by atoms with E-state index in [0.29, 0.717) is 0 Å². The Morgan fingerprint density at radius 2 is 0.905 bits per heavy atom. The number of anilines is 6. The summed E-state index contributed by atoms with van der Waals surface area (Å²) in [5.74, 6) is 0. The molecular weight excluding hydrogens is 507 g/mol. The van der Waals surface area contributed by atoms with E-state index in [9.17, 15) is 0 Å². The lowest BCUT2D eigenvalue weighted by atomic mass is 9.33. The molecule has 0 amide bonds. The predicted molar refractivity (Wildman–Crippen MR) is 179 cm³/mol. The molecule has 42 heavy (non-hydrogen) atoms. The van der Waals surface area contributed by atoms with Crippen molar-refractivity contribution in [2.75, 3.05) is 9.80 Å². The van der Waals surface area contributed by atoms with E-state index in [1.807, 2.05) is 0 Å². The molecule has 0 unspecified atom stereocenters. The molecule has 0 radical (unpaired) electrons. The SMILES string of the molecule is CC(C)(c1ccccc1)c1ccccc1N1c2ccccc2B2c3ccccc3N(c3ccccc3)c3cccc1c32. The van der Waals surface area contributed by atoms with Crippen LogP contribution in [0.2, 0.25) is 0 Å². The first-order chi connectivity index (χ1) is 20.6. The van der Waals surface area contributed by atoms with Crippen molar-refractivity contribution < 1.29 is 0 Å². The number of fused-ring (bicyclic) bond motifs is 4. The Morgan fingerprint density at radius 3 is 1.57 bits per heavy atom. The normalized spacial score (nSPS) is 13.3. The highest BCUT2D eigenvalue weighted by Gasteiger charge is 2.43. The van der Waals surface area contributed by atoms with E-state index < -0.39 is 0 Å². The Balaban J connectivity index is 1.42. The Bertz CT molecular complexity index is 1930. The second kappa shape index (κ2) is 9.53. The molecule has 2 heterocycles. The lowest BCUT2D eigenvalue weighted by molar-refractivity contribution is 0.641. The van der Waals surface area contributed by atoms with Crippen LogP contribution in [0.15, 0.2) is 152 Å². The molecule has 0 atom stereocenters. The second-order valence-electron chi connectivity index (χ2n) is 11.8. The number of rotatable bonds is 4. The fourth-order valence-corrected chi connectivity index (χ4v) is 7.16. The molecule has 6 aromatic rings. The van der Waals surface area contributed by atoms with Gasteiger partial charge in [0.05, 0.1) is 5.69 Å². The Morgan fingerprint density at radius 1 is 0.429 bits per heavy atom. The molecule has 0 bridgehead atoms. The molecule has 0 spiro atoms. The largest absolute Gasteiger partial charge is 0.311 e. The molecule has 8 rings (SSSR count). The van der Waals surface area contributed by atoms with Crippen LogP contribution in [0.3, 0.4) is 0 Å². The van der Waals surface area contributed by atoms with E-state index in [2.05, 4.69) is 175 Å². The molecule has 200 valence electrons. The third-order valence-electron chi connectivity index (χ3n) is 9.14. The van der Waals surface area contributed by atoms with Gasteiger partial charge in [0, 0.05) is 33.9 Å². The topological polar surface area (TPSA) is 6.48 Å².